The number of aryl methyl sites for hydroxylation is 2. The molecule has 1 N–H and O–H groups in total. The second-order valence-electron chi connectivity index (χ2n) is 12.0. The fraction of sp³-hybridized carbons (Fsp3) is 0.375. The number of rotatable bonds is 9. The van der Waals surface area contributed by atoms with Gasteiger partial charge >= 0.3 is 6.09 Å². The number of aromatic nitrogens is 3. The molecule has 0 spiro atoms. The Morgan fingerprint density at radius 1 is 1.24 bits per heavy atom. The Kier molecular flexibility index (Phi) is 8.50. The predicted molar refractivity (Wildman–Crippen MR) is 171 cm³/mol. The van der Waals surface area contributed by atoms with Gasteiger partial charge in [-0.2, -0.15) is 5.26 Å². The van der Waals surface area contributed by atoms with Crippen molar-refractivity contribution in [1.82, 2.24) is 19.4 Å². The Morgan fingerprint density at radius 2 is 2.02 bits per heavy atom. The van der Waals surface area contributed by atoms with Gasteiger partial charge in [0.15, 0.2) is 0 Å². The van der Waals surface area contributed by atoms with Crippen LogP contribution in [0.25, 0.3) is 22.2 Å². The molecule has 0 bridgehead atoms. The van der Waals surface area contributed by atoms with Crippen molar-refractivity contribution in [3.8, 4) is 23.1 Å². The van der Waals surface area contributed by atoms with Crippen molar-refractivity contribution in [1.29, 1.82) is 5.26 Å². The molecule has 1 amide bonds. The number of hydrogen-bond acceptors (Lipinski definition) is 10. The Hall–Kier alpha value is -5.38. The largest absolute Gasteiger partial charge is 0.494 e. The van der Waals surface area contributed by atoms with Gasteiger partial charge in [0.2, 0.25) is 5.95 Å². The number of carbonyl (C=O) groups is 1. The van der Waals surface area contributed by atoms with Gasteiger partial charge in [0, 0.05) is 63.0 Å². The van der Waals surface area contributed by atoms with Crippen LogP contribution in [0, 0.1) is 21.4 Å². The van der Waals surface area contributed by atoms with Crippen LogP contribution in [0.3, 0.4) is 0 Å². The van der Waals surface area contributed by atoms with E-state index in [-0.39, 0.29) is 23.9 Å². The van der Waals surface area contributed by atoms with E-state index in [4.69, 9.17) is 14.5 Å². The van der Waals surface area contributed by atoms with E-state index >= 15 is 0 Å². The fourth-order valence-electron chi connectivity index (χ4n) is 5.42. The first kappa shape index (κ1) is 31.1. The van der Waals surface area contributed by atoms with Crippen LogP contribution in [0.1, 0.15) is 38.3 Å². The average molecular weight is 613 g/mol. The van der Waals surface area contributed by atoms with E-state index in [1.807, 2.05) is 18.3 Å². The number of nitrogens with one attached hydrogen (secondary N) is 1. The highest BCUT2D eigenvalue weighted by Crippen LogP contribution is 2.40. The molecule has 0 atom stereocenters. The van der Waals surface area contributed by atoms with E-state index in [1.54, 1.807) is 45.8 Å². The summed E-state index contributed by atoms with van der Waals surface area (Å²) in [5.41, 5.74) is 3.78. The molecular formula is C32H36N8O5. The maximum atomic E-state index is 12.4. The standard InChI is InChI=1S/C32H36N8O5/c1-32(2,3)45-31(41)38(5)14-13-37(4)25-16-27(44-6)24(15-26(25)40(42)43)35-30-34-18-21(17-33)28(36-30)23-19-39-12-8-10-20-9-7-11-22(23)29(20)39/h7,9,11,15-16,18-19H,8,10,12-14H2,1-6H3,(H,34,35,36). The third kappa shape index (κ3) is 6.45. The van der Waals surface area contributed by atoms with Crippen LogP contribution in [0.5, 0.6) is 5.75 Å². The summed E-state index contributed by atoms with van der Waals surface area (Å²) in [7, 11) is 4.78. The molecule has 0 fully saturated rings. The summed E-state index contributed by atoms with van der Waals surface area (Å²) < 4.78 is 13.2. The highest BCUT2D eigenvalue weighted by Gasteiger charge is 2.25. The number of nitro groups is 1. The summed E-state index contributed by atoms with van der Waals surface area (Å²) in [5.74, 6) is 0.480. The van der Waals surface area contributed by atoms with Crippen LogP contribution in [0.4, 0.5) is 27.8 Å². The Balaban J connectivity index is 1.45. The maximum Gasteiger partial charge on any atom is 0.410 e. The van der Waals surface area contributed by atoms with E-state index in [9.17, 15) is 20.2 Å². The van der Waals surface area contributed by atoms with Crippen LogP contribution < -0.4 is 15.0 Å². The minimum absolute atomic E-state index is 0.156. The molecule has 1 aliphatic rings. The van der Waals surface area contributed by atoms with E-state index in [0.717, 1.165) is 35.9 Å². The summed E-state index contributed by atoms with van der Waals surface area (Å²) >= 11 is 0. The molecule has 13 nitrogen and oxygen atoms in total. The zero-order valence-electron chi connectivity index (χ0n) is 26.2. The summed E-state index contributed by atoms with van der Waals surface area (Å²) in [6.45, 7) is 6.80. The van der Waals surface area contributed by atoms with Crippen molar-refractivity contribution in [3.63, 3.8) is 0 Å². The van der Waals surface area contributed by atoms with Gasteiger partial charge in [0.25, 0.3) is 5.69 Å². The Bertz CT molecular complexity index is 1820. The fourth-order valence-corrected chi connectivity index (χ4v) is 5.42. The number of anilines is 3. The molecule has 0 unspecified atom stereocenters. The van der Waals surface area contributed by atoms with E-state index in [2.05, 4.69) is 27.0 Å². The number of para-hydroxylation sites is 1. The maximum absolute atomic E-state index is 12.4. The Morgan fingerprint density at radius 3 is 2.71 bits per heavy atom. The number of carbonyl (C=O) groups excluding carboxylic acids is 1. The highest BCUT2D eigenvalue weighted by atomic mass is 16.6. The van der Waals surface area contributed by atoms with Crippen molar-refractivity contribution in [2.45, 2.75) is 45.8 Å². The van der Waals surface area contributed by atoms with Gasteiger partial charge in [0.1, 0.15) is 23.1 Å². The van der Waals surface area contributed by atoms with E-state index < -0.39 is 16.6 Å². The number of amides is 1. The molecule has 4 aromatic rings. The van der Waals surface area contributed by atoms with Gasteiger partial charge < -0.3 is 29.2 Å². The minimum Gasteiger partial charge on any atom is -0.494 e. The van der Waals surface area contributed by atoms with Crippen LogP contribution in [0.15, 0.2) is 42.7 Å². The van der Waals surface area contributed by atoms with Gasteiger partial charge in [-0.3, -0.25) is 10.1 Å². The number of nitro benzene ring substituents is 1. The molecule has 3 heterocycles. The molecule has 0 radical (unpaired) electrons. The molecule has 45 heavy (non-hydrogen) atoms. The third-order valence-electron chi connectivity index (χ3n) is 7.62. The molecule has 13 heteroatoms. The normalized spacial score (nSPS) is 12.4. The molecule has 234 valence electrons. The molecule has 0 saturated carbocycles. The lowest BCUT2D eigenvalue weighted by Crippen LogP contribution is -2.38. The second kappa shape index (κ2) is 12.3. The SMILES string of the molecule is COc1cc(N(C)CCN(C)C(=O)OC(C)(C)C)c([N+](=O)[O-])cc1Nc1ncc(C#N)c(-c2cn3c4c(cccc24)CCC3)n1. The van der Waals surface area contributed by atoms with Crippen molar-refractivity contribution in [2.75, 3.05) is 44.5 Å². The lowest BCUT2D eigenvalue weighted by atomic mass is 10.0. The molecule has 1 aliphatic heterocycles. The zero-order chi connectivity index (χ0) is 32.5. The van der Waals surface area contributed by atoms with Crippen LogP contribution >= 0.6 is 0 Å². The number of methoxy groups -OCH3 is 1. The lowest BCUT2D eigenvalue weighted by Gasteiger charge is -2.27. The van der Waals surface area contributed by atoms with Gasteiger partial charge in [-0.05, 0) is 39.2 Å². The van der Waals surface area contributed by atoms with Crippen molar-refractivity contribution in [2.24, 2.45) is 0 Å². The second-order valence-corrected chi connectivity index (χ2v) is 12.0. The molecule has 0 aliphatic carbocycles. The third-order valence-corrected chi connectivity index (χ3v) is 7.62. The summed E-state index contributed by atoms with van der Waals surface area (Å²) in [6, 6.07) is 11.3. The van der Waals surface area contributed by atoms with Crippen molar-refractivity contribution >= 4 is 40.0 Å². The minimum atomic E-state index is -0.637. The van der Waals surface area contributed by atoms with Crippen LogP contribution in [0.2, 0.25) is 0 Å². The summed E-state index contributed by atoms with van der Waals surface area (Å²) in [4.78, 5) is 36.2. The molecule has 0 saturated heterocycles. The van der Waals surface area contributed by atoms with Gasteiger partial charge in [-0.25, -0.2) is 14.8 Å². The molecule has 2 aromatic carbocycles. The molecule has 5 rings (SSSR count). The van der Waals surface area contributed by atoms with Crippen molar-refractivity contribution < 1.29 is 19.2 Å². The Labute approximate surface area is 261 Å². The van der Waals surface area contributed by atoms with Gasteiger partial charge in [0.05, 0.1) is 40.7 Å². The number of nitrogens with zero attached hydrogens (tertiary/aromatic N) is 7. The molecule has 2 aromatic heterocycles. The number of hydrogen-bond donors (Lipinski definition) is 1. The quantitative estimate of drug-likeness (QED) is 0.179. The number of likely N-dealkylation sites (N-methyl/N-ethyl adjacent to an activating group) is 2. The lowest BCUT2D eigenvalue weighted by molar-refractivity contribution is -0.384. The number of ether oxygens (including phenoxy) is 2. The number of benzene rings is 2. The number of nitriles is 1. The highest BCUT2D eigenvalue weighted by molar-refractivity contribution is 5.98. The first-order valence-corrected chi connectivity index (χ1v) is 14.6. The smallest absolute Gasteiger partial charge is 0.410 e. The van der Waals surface area contributed by atoms with E-state index in [1.165, 1.54) is 29.8 Å². The van der Waals surface area contributed by atoms with Crippen molar-refractivity contribution in [3.05, 3.63) is 64.0 Å². The monoisotopic (exact) mass is 612 g/mol. The van der Waals surface area contributed by atoms with Crippen LogP contribution in [-0.4, -0.2) is 70.3 Å². The topological polar surface area (TPSA) is 152 Å². The first-order valence-electron chi connectivity index (χ1n) is 14.6. The zero-order valence-corrected chi connectivity index (χ0v) is 26.2. The van der Waals surface area contributed by atoms with Crippen LogP contribution in [-0.2, 0) is 17.7 Å². The summed E-state index contributed by atoms with van der Waals surface area (Å²) in [5, 5.41) is 26.2. The van der Waals surface area contributed by atoms with Gasteiger partial charge in [-0.1, -0.05) is 18.2 Å². The van der Waals surface area contributed by atoms with Gasteiger partial charge in [-0.15, -0.1) is 0 Å². The van der Waals surface area contributed by atoms with E-state index in [0.29, 0.717) is 29.2 Å². The first-order chi connectivity index (χ1) is 21.4. The predicted octanol–water partition coefficient (Wildman–Crippen LogP) is 5.88. The average Bonchev–Trinajstić information content (AvgIpc) is 3.38. The molecular weight excluding hydrogens is 576 g/mol. The summed E-state index contributed by atoms with van der Waals surface area (Å²) in [6.07, 6.45) is 5.01.